The van der Waals surface area contributed by atoms with E-state index in [1.54, 1.807) is 24.3 Å². The van der Waals surface area contributed by atoms with Crippen LogP contribution in [0, 0.1) is 6.92 Å². The maximum Gasteiger partial charge on any atom is 0.277 e. The lowest BCUT2D eigenvalue weighted by molar-refractivity contribution is 0.102. The molecule has 1 amide bonds. The van der Waals surface area contributed by atoms with Crippen molar-refractivity contribution in [3.05, 3.63) is 93.7 Å². The minimum atomic E-state index is -0.422. The molecule has 0 unspecified atom stereocenters. The van der Waals surface area contributed by atoms with Crippen LogP contribution in [-0.4, -0.2) is 20.7 Å². The second-order valence-electron chi connectivity index (χ2n) is 6.16. The number of hydrogen-bond donors (Lipinski definition) is 1. The molecule has 2 aromatic carbocycles. The third-order valence-electron chi connectivity index (χ3n) is 4.11. The van der Waals surface area contributed by atoms with Gasteiger partial charge in [0.25, 0.3) is 11.5 Å². The van der Waals surface area contributed by atoms with Gasteiger partial charge in [-0.25, -0.2) is 4.98 Å². The minimum Gasteiger partial charge on any atom is -0.296 e. The SMILES string of the molecule is Cc1ccc(-c2csc(NC(=O)c3ccc(=O)n(-c4ccccc4)n3)n2)cc1. The first-order valence-corrected chi connectivity index (χ1v) is 9.48. The smallest absolute Gasteiger partial charge is 0.277 e. The summed E-state index contributed by atoms with van der Waals surface area (Å²) >= 11 is 1.34. The number of nitrogens with zero attached hydrogens (tertiary/aromatic N) is 3. The molecule has 4 aromatic rings. The average molecular weight is 388 g/mol. The Kier molecular flexibility index (Phi) is 4.82. The first kappa shape index (κ1) is 17.8. The van der Waals surface area contributed by atoms with Crippen LogP contribution in [0.1, 0.15) is 16.1 Å². The molecule has 0 radical (unpaired) electrons. The Morgan fingerprint density at radius 1 is 1.00 bits per heavy atom. The number of nitrogens with one attached hydrogen (secondary N) is 1. The summed E-state index contributed by atoms with van der Waals surface area (Å²) in [5.74, 6) is -0.422. The first-order valence-electron chi connectivity index (χ1n) is 8.60. The summed E-state index contributed by atoms with van der Waals surface area (Å²) in [4.78, 5) is 29.1. The van der Waals surface area contributed by atoms with Gasteiger partial charge < -0.3 is 0 Å². The zero-order valence-electron chi connectivity index (χ0n) is 15.0. The van der Waals surface area contributed by atoms with Crippen molar-refractivity contribution in [3.63, 3.8) is 0 Å². The van der Waals surface area contributed by atoms with Crippen LogP contribution < -0.4 is 10.9 Å². The largest absolute Gasteiger partial charge is 0.296 e. The topological polar surface area (TPSA) is 76.9 Å². The molecule has 2 aromatic heterocycles. The first-order chi connectivity index (χ1) is 13.6. The van der Waals surface area contributed by atoms with Gasteiger partial charge in [-0.2, -0.15) is 9.78 Å². The van der Waals surface area contributed by atoms with Gasteiger partial charge in [0.05, 0.1) is 11.4 Å². The molecule has 7 heteroatoms. The second-order valence-corrected chi connectivity index (χ2v) is 7.02. The summed E-state index contributed by atoms with van der Waals surface area (Å²) in [5.41, 5.74) is 3.37. The quantitative estimate of drug-likeness (QED) is 0.575. The van der Waals surface area contributed by atoms with Crippen LogP contribution >= 0.6 is 11.3 Å². The Morgan fingerprint density at radius 3 is 2.50 bits per heavy atom. The van der Waals surface area contributed by atoms with Gasteiger partial charge in [0.2, 0.25) is 0 Å². The molecular weight excluding hydrogens is 372 g/mol. The Hall–Kier alpha value is -3.58. The van der Waals surface area contributed by atoms with Crippen LogP contribution in [0.2, 0.25) is 0 Å². The highest BCUT2D eigenvalue weighted by atomic mass is 32.1. The minimum absolute atomic E-state index is 0.135. The average Bonchev–Trinajstić information content (AvgIpc) is 3.18. The Balaban J connectivity index is 1.56. The second kappa shape index (κ2) is 7.58. The van der Waals surface area contributed by atoms with Crippen LogP contribution in [0.5, 0.6) is 0 Å². The molecule has 0 aliphatic heterocycles. The van der Waals surface area contributed by atoms with Crippen molar-refractivity contribution in [1.82, 2.24) is 14.8 Å². The summed E-state index contributed by atoms with van der Waals surface area (Å²) in [6.07, 6.45) is 0. The maximum atomic E-state index is 12.6. The van der Waals surface area contributed by atoms with E-state index in [1.165, 1.54) is 33.7 Å². The lowest BCUT2D eigenvalue weighted by Gasteiger charge is -2.06. The van der Waals surface area contributed by atoms with Crippen molar-refractivity contribution >= 4 is 22.4 Å². The summed E-state index contributed by atoms with van der Waals surface area (Å²) < 4.78 is 1.20. The lowest BCUT2D eigenvalue weighted by atomic mass is 10.1. The van der Waals surface area contributed by atoms with Gasteiger partial charge in [-0.3, -0.25) is 14.9 Å². The number of anilines is 1. The standard InChI is InChI=1S/C21H16N4O2S/c1-14-7-9-15(10-8-14)18-13-28-21(22-18)23-20(27)17-11-12-19(26)25(24-17)16-5-3-2-4-6-16/h2-13H,1H3,(H,22,23,27). The predicted molar refractivity (Wildman–Crippen MR) is 110 cm³/mol. The van der Waals surface area contributed by atoms with Crippen LogP contribution in [0.3, 0.4) is 0 Å². The fourth-order valence-electron chi connectivity index (χ4n) is 2.64. The molecular formula is C21H16N4O2S. The van der Waals surface area contributed by atoms with Gasteiger partial charge in [0, 0.05) is 17.0 Å². The fraction of sp³-hybridized carbons (Fsp3) is 0.0476. The zero-order chi connectivity index (χ0) is 19.5. The molecule has 0 saturated carbocycles. The summed E-state index contributed by atoms with van der Waals surface area (Å²) in [6, 6.07) is 19.7. The molecule has 0 atom stereocenters. The normalized spacial score (nSPS) is 10.6. The molecule has 1 N–H and O–H groups in total. The van der Waals surface area contributed by atoms with Crippen LogP contribution in [0.4, 0.5) is 5.13 Å². The number of hydrogen-bond acceptors (Lipinski definition) is 5. The number of rotatable bonds is 4. The van der Waals surface area contributed by atoms with E-state index in [1.807, 2.05) is 42.6 Å². The highest BCUT2D eigenvalue weighted by Gasteiger charge is 2.13. The molecule has 6 nitrogen and oxygen atoms in total. The van der Waals surface area contributed by atoms with Crippen LogP contribution in [-0.2, 0) is 0 Å². The summed E-state index contributed by atoms with van der Waals surface area (Å²) in [5, 5.41) is 9.29. The van der Waals surface area contributed by atoms with Gasteiger partial charge in [0.1, 0.15) is 5.69 Å². The third-order valence-corrected chi connectivity index (χ3v) is 4.86. The molecule has 0 aliphatic rings. The van der Waals surface area contributed by atoms with E-state index in [4.69, 9.17) is 0 Å². The number of aryl methyl sites for hydroxylation is 1. The van der Waals surface area contributed by atoms with E-state index in [-0.39, 0.29) is 11.3 Å². The van der Waals surface area contributed by atoms with Gasteiger partial charge >= 0.3 is 0 Å². The molecule has 0 fully saturated rings. The number of thiazole rings is 1. The highest BCUT2D eigenvalue weighted by Crippen LogP contribution is 2.25. The van der Waals surface area contributed by atoms with E-state index in [2.05, 4.69) is 15.4 Å². The predicted octanol–water partition coefficient (Wildman–Crippen LogP) is 3.92. The monoisotopic (exact) mass is 388 g/mol. The number of benzene rings is 2. The van der Waals surface area contributed by atoms with Crippen molar-refractivity contribution < 1.29 is 4.79 Å². The van der Waals surface area contributed by atoms with Gasteiger partial charge in [-0.1, -0.05) is 48.0 Å². The molecule has 0 aliphatic carbocycles. The van der Waals surface area contributed by atoms with E-state index in [0.29, 0.717) is 10.8 Å². The van der Waals surface area contributed by atoms with Crippen molar-refractivity contribution in [1.29, 1.82) is 0 Å². The number of carbonyl (C=O) groups is 1. The fourth-order valence-corrected chi connectivity index (χ4v) is 3.35. The number of aromatic nitrogens is 3. The van der Waals surface area contributed by atoms with Crippen molar-refractivity contribution in [2.75, 3.05) is 5.32 Å². The molecule has 0 saturated heterocycles. The van der Waals surface area contributed by atoms with E-state index >= 15 is 0 Å². The molecule has 0 bridgehead atoms. The van der Waals surface area contributed by atoms with Crippen LogP contribution in [0.15, 0.2) is 76.9 Å². The van der Waals surface area contributed by atoms with Gasteiger partial charge in [-0.15, -0.1) is 11.3 Å². The molecule has 4 rings (SSSR count). The molecule has 28 heavy (non-hydrogen) atoms. The number of amides is 1. The number of para-hydroxylation sites is 1. The van der Waals surface area contributed by atoms with E-state index in [0.717, 1.165) is 11.3 Å². The van der Waals surface area contributed by atoms with Crippen LogP contribution in [0.25, 0.3) is 16.9 Å². The van der Waals surface area contributed by atoms with E-state index < -0.39 is 5.91 Å². The number of carbonyl (C=O) groups excluding carboxylic acids is 1. The third kappa shape index (κ3) is 3.74. The van der Waals surface area contributed by atoms with Crippen molar-refractivity contribution in [2.24, 2.45) is 0 Å². The highest BCUT2D eigenvalue weighted by molar-refractivity contribution is 7.14. The molecule has 0 spiro atoms. The Bertz CT molecular complexity index is 1180. The zero-order valence-corrected chi connectivity index (χ0v) is 15.8. The summed E-state index contributed by atoms with van der Waals surface area (Å²) in [6.45, 7) is 2.03. The van der Waals surface area contributed by atoms with Crippen molar-refractivity contribution in [2.45, 2.75) is 6.92 Å². The van der Waals surface area contributed by atoms with Gasteiger partial charge in [-0.05, 0) is 25.1 Å². The molecule has 2 heterocycles. The van der Waals surface area contributed by atoms with Crippen molar-refractivity contribution in [3.8, 4) is 16.9 Å². The molecule has 138 valence electrons. The Labute approximate surface area is 165 Å². The Morgan fingerprint density at radius 2 is 1.75 bits per heavy atom. The lowest BCUT2D eigenvalue weighted by Crippen LogP contribution is -2.24. The van der Waals surface area contributed by atoms with E-state index in [9.17, 15) is 9.59 Å². The summed E-state index contributed by atoms with van der Waals surface area (Å²) in [7, 11) is 0. The maximum absolute atomic E-state index is 12.6. The van der Waals surface area contributed by atoms with Gasteiger partial charge in [0.15, 0.2) is 5.13 Å².